The van der Waals surface area contributed by atoms with Crippen LogP contribution in [0.1, 0.15) is 30.9 Å². The van der Waals surface area contributed by atoms with Gasteiger partial charge in [-0.2, -0.15) is 0 Å². The maximum Gasteiger partial charge on any atom is 0.309 e. The van der Waals surface area contributed by atoms with Gasteiger partial charge in [0.15, 0.2) is 0 Å². The van der Waals surface area contributed by atoms with Crippen LogP contribution >= 0.6 is 0 Å². The predicted octanol–water partition coefficient (Wildman–Crippen LogP) is 2.81. The standard InChI is InChI=1S/C15H23NO2/c1-5-6-7-13-10-12(11-15(17)18-4)8-9-14(13)16(2)3/h8-10H,5-7,11H2,1-4H3. The summed E-state index contributed by atoms with van der Waals surface area (Å²) in [6.45, 7) is 2.19. The molecule has 0 unspecified atom stereocenters. The molecule has 0 saturated carbocycles. The van der Waals surface area contributed by atoms with Gasteiger partial charge in [-0.15, -0.1) is 0 Å². The van der Waals surface area contributed by atoms with Gasteiger partial charge in [0.2, 0.25) is 0 Å². The summed E-state index contributed by atoms with van der Waals surface area (Å²) in [4.78, 5) is 13.4. The lowest BCUT2D eigenvalue weighted by Crippen LogP contribution is -2.12. The Morgan fingerprint density at radius 3 is 2.61 bits per heavy atom. The summed E-state index contributed by atoms with van der Waals surface area (Å²) >= 11 is 0. The molecule has 1 aromatic carbocycles. The highest BCUT2D eigenvalue weighted by Gasteiger charge is 2.08. The van der Waals surface area contributed by atoms with E-state index in [0.29, 0.717) is 6.42 Å². The number of carbonyl (C=O) groups is 1. The molecule has 0 amide bonds. The average molecular weight is 249 g/mol. The third-order valence-corrected chi connectivity index (χ3v) is 3.00. The van der Waals surface area contributed by atoms with Crippen molar-refractivity contribution in [2.75, 3.05) is 26.1 Å². The number of nitrogens with zero attached hydrogens (tertiary/aromatic N) is 1. The first kappa shape index (κ1) is 14.6. The lowest BCUT2D eigenvalue weighted by Gasteiger charge is -2.18. The van der Waals surface area contributed by atoms with Crippen LogP contribution in [0, 0.1) is 0 Å². The molecule has 0 aliphatic rings. The molecule has 18 heavy (non-hydrogen) atoms. The van der Waals surface area contributed by atoms with Crippen molar-refractivity contribution in [3.8, 4) is 0 Å². The van der Waals surface area contributed by atoms with E-state index < -0.39 is 0 Å². The molecule has 3 nitrogen and oxygen atoms in total. The molecule has 0 atom stereocenters. The van der Waals surface area contributed by atoms with Crippen LogP contribution in [0.5, 0.6) is 0 Å². The van der Waals surface area contributed by atoms with Gasteiger partial charge >= 0.3 is 5.97 Å². The predicted molar refractivity (Wildman–Crippen MR) is 75.1 cm³/mol. The Balaban J connectivity index is 2.93. The van der Waals surface area contributed by atoms with Gasteiger partial charge in [0.05, 0.1) is 13.5 Å². The number of anilines is 1. The van der Waals surface area contributed by atoms with Gasteiger partial charge < -0.3 is 9.64 Å². The molecule has 0 aromatic heterocycles. The van der Waals surface area contributed by atoms with Crippen molar-refractivity contribution in [2.45, 2.75) is 32.6 Å². The number of rotatable bonds is 6. The van der Waals surface area contributed by atoms with E-state index >= 15 is 0 Å². The number of ether oxygens (including phenoxy) is 1. The maximum atomic E-state index is 11.3. The minimum atomic E-state index is -0.186. The zero-order chi connectivity index (χ0) is 13.5. The molecule has 0 aliphatic carbocycles. The first-order valence-electron chi connectivity index (χ1n) is 6.44. The van der Waals surface area contributed by atoms with E-state index in [-0.39, 0.29) is 5.97 Å². The van der Waals surface area contributed by atoms with Crippen LogP contribution < -0.4 is 4.90 Å². The van der Waals surface area contributed by atoms with E-state index in [4.69, 9.17) is 4.74 Å². The van der Waals surface area contributed by atoms with E-state index in [2.05, 4.69) is 24.0 Å². The third-order valence-electron chi connectivity index (χ3n) is 3.00. The summed E-state index contributed by atoms with van der Waals surface area (Å²) in [6.07, 6.45) is 3.75. The van der Waals surface area contributed by atoms with Crippen molar-refractivity contribution >= 4 is 11.7 Å². The van der Waals surface area contributed by atoms with Crippen LogP contribution in [0.3, 0.4) is 0 Å². The van der Waals surface area contributed by atoms with Crippen LogP contribution in [0.2, 0.25) is 0 Å². The van der Waals surface area contributed by atoms with Gasteiger partial charge in [0, 0.05) is 19.8 Å². The summed E-state index contributed by atoms with van der Waals surface area (Å²) in [5.74, 6) is -0.186. The van der Waals surface area contributed by atoms with Crippen molar-refractivity contribution in [1.29, 1.82) is 0 Å². The normalized spacial score (nSPS) is 10.2. The minimum Gasteiger partial charge on any atom is -0.469 e. The van der Waals surface area contributed by atoms with Crippen molar-refractivity contribution < 1.29 is 9.53 Å². The molecule has 0 fully saturated rings. The molecule has 1 aromatic rings. The highest BCUT2D eigenvalue weighted by Crippen LogP contribution is 2.22. The second kappa shape index (κ2) is 7.04. The maximum absolute atomic E-state index is 11.3. The lowest BCUT2D eigenvalue weighted by molar-refractivity contribution is -0.139. The van der Waals surface area contributed by atoms with E-state index in [0.717, 1.165) is 12.0 Å². The molecule has 0 bridgehead atoms. The summed E-state index contributed by atoms with van der Waals surface area (Å²) in [5.41, 5.74) is 3.57. The Kier molecular flexibility index (Phi) is 5.69. The highest BCUT2D eigenvalue weighted by molar-refractivity contribution is 5.73. The number of unbranched alkanes of at least 4 members (excludes halogenated alkanes) is 1. The zero-order valence-corrected chi connectivity index (χ0v) is 11.8. The smallest absolute Gasteiger partial charge is 0.309 e. The molecule has 3 heteroatoms. The fourth-order valence-corrected chi connectivity index (χ4v) is 1.99. The second-order valence-electron chi connectivity index (χ2n) is 4.71. The molecule has 0 saturated heterocycles. The topological polar surface area (TPSA) is 29.5 Å². The van der Waals surface area contributed by atoms with E-state index in [9.17, 15) is 4.79 Å². The largest absolute Gasteiger partial charge is 0.469 e. The monoisotopic (exact) mass is 249 g/mol. The highest BCUT2D eigenvalue weighted by atomic mass is 16.5. The third kappa shape index (κ3) is 4.06. The molecular weight excluding hydrogens is 226 g/mol. The molecule has 0 aliphatic heterocycles. The van der Waals surface area contributed by atoms with Crippen LogP contribution in [-0.4, -0.2) is 27.2 Å². The van der Waals surface area contributed by atoms with Crippen molar-refractivity contribution in [1.82, 2.24) is 0 Å². The number of hydrogen-bond donors (Lipinski definition) is 0. The molecule has 0 spiro atoms. The lowest BCUT2D eigenvalue weighted by atomic mass is 10.0. The Morgan fingerprint density at radius 2 is 2.06 bits per heavy atom. The van der Waals surface area contributed by atoms with Crippen molar-refractivity contribution in [2.24, 2.45) is 0 Å². The van der Waals surface area contributed by atoms with Crippen molar-refractivity contribution in [3.63, 3.8) is 0 Å². The molecule has 1 rings (SSSR count). The molecule has 0 heterocycles. The van der Waals surface area contributed by atoms with Gasteiger partial charge in [-0.05, 0) is 30.0 Å². The number of benzene rings is 1. The first-order valence-corrected chi connectivity index (χ1v) is 6.44. The number of aryl methyl sites for hydroxylation is 1. The Labute approximate surface area is 110 Å². The minimum absolute atomic E-state index is 0.186. The van der Waals surface area contributed by atoms with Crippen LogP contribution in [0.4, 0.5) is 5.69 Å². The van der Waals surface area contributed by atoms with Crippen LogP contribution in [-0.2, 0) is 22.4 Å². The van der Waals surface area contributed by atoms with E-state index in [1.54, 1.807) is 0 Å². The Bertz CT molecular complexity index is 399. The van der Waals surface area contributed by atoms with Gasteiger partial charge in [-0.3, -0.25) is 4.79 Å². The van der Waals surface area contributed by atoms with Crippen molar-refractivity contribution in [3.05, 3.63) is 29.3 Å². The number of hydrogen-bond acceptors (Lipinski definition) is 3. The van der Waals surface area contributed by atoms with Gasteiger partial charge in [-0.1, -0.05) is 25.5 Å². The van der Waals surface area contributed by atoms with E-state index in [1.807, 2.05) is 20.2 Å². The van der Waals surface area contributed by atoms with Crippen LogP contribution in [0.25, 0.3) is 0 Å². The van der Waals surface area contributed by atoms with Crippen LogP contribution in [0.15, 0.2) is 18.2 Å². The van der Waals surface area contributed by atoms with Gasteiger partial charge in [0.25, 0.3) is 0 Å². The molecule has 0 radical (unpaired) electrons. The Morgan fingerprint density at radius 1 is 1.33 bits per heavy atom. The number of esters is 1. The number of carbonyl (C=O) groups excluding carboxylic acids is 1. The summed E-state index contributed by atoms with van der Waals surface area (Å²) < 4.78 is 4.70. The fourth-order valence-electron chi connectivity index (χ4n) is 1.99. The van der Waals surface area contributed by atoms with Gasteiger partial charge in [0.1, 0.15) is 0 Å². The Hall–Kier alpha value is -1.51. The van der Waals surface area contributed by atoms with Gasteiger partial charge in [-0.25, -0.2) is 0 Å². The molecular formula is C15H23NO2. The number of methoxy groups -OCH3 is 1. The zero-order valence-electron chi connectivity index (χ0n) is 11.8. The van der Waals surface area contributed by atoms with E-state index in [1.165, 1.54) is 31.2 Å². The quantitative estimate of drug-likeness (QED) is 0.726. The first-order chi connectivity index (χ1) is 8.58. The summed E-state index contributed by atoms with van der Waals surface area (Å²) in [6, 6.07) is 6.22. The average Bonchev–Trinajstić information content (AvgIpc) is 2.36. The molecule has 0 N–H and O–H groups in total. The second-order valence-corrected chi connectivity index (χ2v) is 4.71. The fraction of sp³-hybridized carbons (Fsp3) is 0.533. The summed E-state index contributed by atoms with van der Waals surface area (Å²) in [7, 11) is 5.52. The SMILES string of the molecule is CCCCc1cc(CC(=O)OC)ccc1N(C)C. The summed E-state index contributed by atoms with van der Waals surface area (Å²) in [5, 5.41) is 0. The molecule has 100 valence electrons.